The van der Waals surface area contributed by atoms with Crippen LogP contribution in [0.25, 0.3) is 10.2 Å². The highest BCUT2D eigenvalue weighted by Gasteiger charge is 2.23. The van der Waals surface area contributed by atoms with Gasteiger partial charge in [-0.25, -0.2) is 17.8 Å². The van der Waals surface area contributed by atoms with Crippen molar-refractivity contribution in [3.05, 3.63) is 59.4 Å². The lowest BCUT2D eigenvalue weighted by molar-refractivity contribution is -0.131. The summed E-state index contributed by atoms with van der Waals surface area (Å²) in [5, 5.41) is 0.799. The van der Waals surface area contributed by atoms with Crippen LogP contribution in [0.4, 0.5) is 4.39 Å². The van der Waals surface area contributed by atoms with E-state index >= 15 is 0 Å². The van der Waals surface area contributed by atoms with E-state index in [9.17, 15) is 17.6 Å². The first-order chi connectivity index (χ1) is 12.8. The van der Waals surface area contributed by atoms with E-state index in [0.717, 1.165) is 27.4 Å². The van der Waals surface area contributed by atoms with E-state index in [1.54, 1.807) is 7.05 Å². The molecule has 0 unspecified atom stereocenters. The van der Waals surface area contributed by atoms with Crippen molar-refractivity contribution >= 4 is 37.3 Å². The number of rotatable bonds is 6. The van der Waals surface area contributed by atoms with Crippen LogP contribution < -0.4 is 0 Å². The SMILES string of the molecule is C[C@@H](c1nc2ccccc2s1)N(C)C(=O)CCS(=O)(=O)c1ccc(F)cc1. The van der Waals surface area contributed by atoms with E-state index in [2.05, 4.69) is 4.98 Å². The predicted octanol–water partition coefficient (Wildman–Crippen LogP) is 3.82. The Bertz CT molecular complexity index is 1030. The zero-order chi connectivity index (χ0) is 19.6. The number of sulfone groups is 1. The maximum atomic E-state index is 13.0. The molecule has 0 N–H and O–H groups in total. The van der Waals surface area contributed by atoms with Gasteiger partial charge in [0, 0.05) is 13.5 Å². The molecule has 2 aromatic carbocycles. The molecule has 0 fully saturated rings. The molecule has 0 saturated carbocycles. The van der Waals surface area contributed by atoms with Gasteiger partial charge >= 0.3 is 0 Å². The van der Waals surface area contributed by atoms with Crippen molar-refractivity contribution in [2.24, 2.45) is 0 Å². The number of aromatic nitrogens is 1. The molecule has 8 heteroatoms. The van der Waals surface area contributed by atoms with Crippen molar-refractivity contribution in [2.75, 3.05) is 12.8 Å². The standard InChI is InChI=1S/C19H19FN2O3S2/c1-13(19-21-16-5-3-4-6-17(16)26-19)22(2)18(23)11-12-27(24,25)15-9-7-14(20)8-10-15/h3-10,13H,11-12H2,1-2H3/t13-/m0/s1. The Kier molecular flexibility index (Phi) is 5.57. The van der Waals surface area contributed by atoms with Crippen LogP contribution in [-0.2, 0) is 14.6 Å². The number of para-hydroxylation sites is 1. The molecule has 1 atom stereocenters. The molecule has 0 aliphatic heterocycles. The van der Waals surface area contributed by atoms with Gasteiger partial charge in [0.25, 0.3) is 0 Å². The second-order valence-electron chi connectivity index (χ2n) is 6.22. The van der Waals surface area contributed by atoms with Gasteiger partial charge in [-0.2, -0.15) is 0 Å². The number of benzene rings is 2. The normalized spacial score (nSPS) is 12.9. The average molecular weight is 407 g/mol. The van der Waals surface area contributed by atoms with Gasteiger partial charge in [-0.05, 0) is 43.3 Å². The highest BCUT2D eigenvalue weighted by atomic mass is 32.2. The molecular weight excluding hydrogens is 387 g/mol. The van der Waals surface area contributed by atoms with Crippen molar-refractivity contribution < 1.29 is 17.6 Å². The van der Waals surface area contributed by atoms with Crippen LogP contribution in [0, 0.1) is 5.82 Å². The largest absolute Gasteiger partial charge is 0.337 e. The summed E-state index contributed by atoms with van der Waals surface area (Å²) in [5.74, 6) is -1.11. The maximum absolute atomic E-state index is 13.0. The van der Waals surface area contributed by atoms with Crippen molar-refractivity contribution in [3.63, 3.8) is 0 Å². The molecule has 3 rings (SSSR count). The first-order valence-electron chi connectivity index (χ1n) is 8.37. The van der Waals surface area contributed by atoms with Crippen molar-refractivity contribution in [1.82, 2.24) is 9.88 Å². The number of thiazole rings is 1. The Hall–Kier alpha value is -2.32. The summed E-state index contributed by atoms with van der Waals surface area (Å²) in [6.07, 6.45) is -0.147. The molecule has 3 aromatic rings. The molecule has 1 aromatic heterocycles. The molecule has 0 aliphatic rings. The summed E-state index contributed by atoms with van der Waals surface area (Å²) in [4.78, 5) is 18.6. The van der Waals surface area contributed by atoms with Gasteiger partial charge in [0.2, 0.25) is 5.91 Å². The van der Waals surface area contributed by atoms with Gasteiger partial charge in [-0.15, -0.1) is 11.3 Å². The lowest BCUT2D eigenvalue weighted by atomic mass is 10.3. The fourth-order valence-electron chi connectivity index (χ4n) is 2.61. The minimum Gasteiger partial charge on any atom is -0.337 e. The van der Waals surface area contributed by atoms with E-state index in [1.807, 2.05) is 31.2 Å². The van der Waals surface area contributed by atoms with Crippen LogP contribution >= 0.6 is 11.3 Å². The Morgan fingerprint density at radius 1 is 1.19 bits per heavy atom. The van der Waals surface area contributed by atoms with E-state index in [-0.39, 0.29) is 29.0 Å². The van der Waals surface area contributed by atoms with Gasteiger partial charge in [0.05, 0.1) is 26.9 Å². The third-order valence-electron chi connectivity index (χ3n) is 4.40. The predicted molar refractivity (Wildman–Crippen MR) is 104 cm³/mol. The summed E-state index contributed by atoms with van der Waals surface area (Å²) in [6, 6.07) is 12.1. The molecule has 142 valence electrons. The van der Waals surface area contributed by atoms with E-state index in [1.165, 1.54) is 28.4 Å². The van der Waals surface area contributed by atoms with Crippen LogP contribution in [-0.4, -0.2) is 37.0 Å². The molecule has 5 nitrogen and oxygen atoms in total. The minimum atomic E-state index is -3.64. The number of carbonyl (C=O) groups excluding carboxylic acids is 1. The topological polar surface area (TPSA) is 67.3 Å². The zero-order valence-electron chi connectivity index (χ0n) is 14.9. The highest BCUT2D eigenvalue weighted by Crippen LogP contribution is 2.29. The molecule has 0 spiro atoms. The minimum absolute atomic E-state index is 0.0126. The Morgan fingerprint density at radius 2 is 1.85 bits per heavy atom. The molecule has 0 saturated heterocycles. The van der Waals surface area contributed by atoms with E-state index in [4.69, 9.17) is 0 Å². The van der Waals surface area contributed by atoms with Crippen molar-refractivity contribution in [3.8, 4) is 0 Å². The molecule has 27 heavy (non-hydrogen) atoms. The van der Waals surface area contributed by atoms with E-state index < -0.39 is 15.7 Å². The molecule has 1 heterocycles. The Labute approximate surface area is 161 Å². The lowest BCUT2D eigenvalue weighted by Crippen LogP contribution is -2.31. The molecule has 0 radical (unpaired) electrons. The van der Waals surface area contributed by atoms with Gasteiger partial charge in [-0.1, -0.05) is 12.1 Å². The van der Waals surface area contributed by atoms with Crippen LogP contribution in [0.15, 0.2) is 53.4 Å². The van der Waals surface area contributed by atoms with Crippen LogP contribution in [0.3, 0.4) is 0 Å². The van der Waals surface area contributed by atoms with Crippen molar-refractivity contribution in [1.29, 1.82) is 0 Å². The summed E-state index contributed by atoms with van der Waals surface area (Å²) < 4.78 is 38.7. The number of fused-ring (bicyclic) bond motifs is 1. The van der Waals surface area contributed by atoms with Gasteiger partial charge in [0.1, 0.15) is 10.8 Å². The molecule has 0 aliphatic carbocycles. The third-order valence-corrected chi connectivity index (χ3v) is 7.34. The highest BCUT2D eigenvalue weighted by molar-refractivity contribution is 7.91. The summed E-state index contributed by atoms with van der Waals surface area (Å²) in [5.41, 5.74) is 0.879. The summed E-state index contributed by atoms with van der Waals surface area (Å²) in [6.45, 7) is 1.87. The molecule has 0 bridgehead atoms. The van der Waals surface area contributed by atoms with E-state index in [0.29, 0.717) is 0 Å². The summed E-state index contributed by atoms with van der Waals surface area (Å²) in [7, 11) is -2.00. The fraction of sp³-hybridized carbons (Fsp3) is 0.263. The monoisotopic (exact) mass is 406 g/mol. The second kappa shape index (κ2) is 7.74. The number of hydrogen-bond acceptors (Lipinski definition) is 5. The van der Waals surface area contributed by atoms with Gasteiger partial charge in [0.15, 0.2) is 9.84 Å². The first-order valence-corrected chi connectivity index (χ1v) is 10.8. The smallest absolute Gasteiger partial charge is 0.223 e. The van der Waals surface area contributed by atoms with Crippen LogP contribution in [0.5, 0.6) is 0 Å². The maximum Gasteiger partial charge on any atom is 0.223 e. The van der Waals surface area contributed by atoms with Gasteiger partial charge in [-0.3, -0.25) is 4.79 Å². The number of amides is 1. The molecule has 1 amide bonds. The lowest BCUT2D eigenvalue weighted by Gasteiger charge is -2.23. The first kappa shape index (κ1) is 19.4. The fourth-order valence-corrected chi connectivity index (χ4v) is 4.90. The number of nitrogens with zero attached hydrogens (tertiary/aromatic N) is 2. The van der Waals surface area contributed by atoms with Crippen LogP contribution in [0.1, 0.15) is 24.4 Å². The zero-order valence-corrected chi connectivity index (χ0v) is 16.6. The average Bonchev–Trinajstić information content (AvgIpc) is 3.09. The Balaban J connectivity index is 1.67. The van der Waals surface area contributed by atoms with Crippen molar-refractivity contribution in [2.45, 2.75) is 24.3 Å². The van der Waals surface area contributed by atoms with Gasteiger partial charge < -0.3 is 4.90 Å². The van der Waals surface area contributed by atoms with Crippen LogP contribution in [0.2, 0.25) is 0 Å². The number of hydrogen-bond donors (Lipinski definition) is 0. The quantitative estimate of drug-likeness (QED) is 0.584. The number of halogens is 1. The third kappa shape index (κ3) is 4.33. The second-order valence-corrected chi connectivity index (χ2v) is 9.39. The number of carbonyl (C=O) groups is 1. The molecular formula is C19H19FN2O3S2. The Morgan fingerprint density at radius 3 is 2.52 bits per heavy atom. The summed E-state index contributed by atoms with van der Waals surface area (Å²) >= 11 is 1.51.